The lowest BCUT2D eigenvalue weighted by Gasteiger charge is -2.18. The van der Waals surface area contributed by atoms with Crippen LogP contribution < -0.4 is 4.90 Å². The summed E-state index contributed by atoms with van der Waals surface area (Å²) in [5, 5.41) is 3.39. The van der Waals surface area contributed by atoms with Crippen LogP contribution in [-0.2, 0) is 4.79 Å². The highest BCUT2D eigenvalue weighted by molar-refractivity contribution is 9.10. The van der Waals surface area contributed by atoms with E-state index in [9.17, 15) is 9.18 Å². The Morgan fingerprint density at radius 3 is 3.05 bits per heavy atom. The molecule has 0 aliphatic carbocycles. The first-order valence-electron chi connectivity index (χ1n) is 5.49. The molecule has 1 aromatic rings. The van der Waals surface area contributed by atoms with E-state index < -0.39 is 5.82 Å². The van der Waals surface area contributed by atoms with Gasteiger partial charge in [-0.05, 0) is 39.5 Å². The van der Waals surface area contributed by atoms with Crippen LogP contribution in [0.3, 0.4) is 0 Å². The number of carbonyl (C=O) groups is 1. The molecular formula is C11H9BrClFN4O. The molecule has 5 nitrogen and oxygen atoms in total. The van der Waals surface area contributed by atoms with Gasteiger partial charge in [-0.3, -0.25) is 4.79 Å². The van der Waals surface area contributed by atoms with Gasteiger partial charge in [0.15, 0.2) is 5.82 Å². The second kappa shape index (κ2) is 5.77. The van der Waals surface area contributed by atoms with Gasteiger partial charge < -0.3 is 4.90 Å². The first kappa shape index (κ1) is 14.1. The Morgan fingerprint density at radius 1 is 1.63 bits per heavy atom. The van der Waals surface area contributed by atoms with Gasteiger partial charge in [0.1, 0.15) is 0 Å². The van der Waals surface area contributed by atoms with Gasteiger partial charge in [-0.15, -0.1) is 0 Å². The van der Waals surface area contributed by atoms with E-state index in [2.05, 4.69) is 26.0 Å². The highest BCUT2D eigenvalue weighted by Crippen LogP contribution is 2.34. The van der Waals surface area contributed by atoms with Gasteiger partial charge in [0.05, 0.1) is 10.7 Å². The molecule has 0 N–H and O–H groups in total. The van der Waals surface area contributed by atoms with E-state index in [-0.39, 0.29) is 35.5 Å². The number of anilines is 1. The Hall–Kier alpha value is -1.30. The summed E-state index contributed by atoms with van der Waals surface area (Å²) in [4.78, 5) is 15.9. The smallest absolute Gasteiger partial charge is 0.227 e. The second-order valence-corrected chi connectivity index (χ2v) is 5.41. The molecule has 0 saturated carbocycles. The summed E-state index contributed by atoms with van der Waals surface area (Å²) in [6.45, 7) is 0.553. The molecule has 0 radical (unpaired) electrons. The van der Waals surface area contributed by atoms with Gasteiger partial charge in [-0.25, -0.2) is 4.39 Å². The fourth-order valence-electron chi connectivity index (χ4n) is 2.01. The average Bonchev–Trinajstić information content (AvgIpc) is 2.75. The predicted molar refractivity (Wildman–Crippen MR) is 73.6 cm³/mol. The first-order chi connectivity index (χ1) is 9.04. The Kier molecular flexibility index (Phi) is 4.29. The van der Waals surface area contributed by atoms with E-state index in [1.807, 2.05) is 0 Å². The molecule has 1 aliphatic heterocycles. The summed E-state index contributed by atoms with van der Waals surface area (Å²) in [6.07, 6.45) is 0.242. The zero-order chi connectivity index (χ0) is 14.0. The largest absolute Gasteiger partial charge is 0.309 e. The van der Waals surface area contributed by atoms with Crippen molar-refractivity contribution in [1.29, 1.82) is 0 Å². The van der Waals surface area contributed by atoms with E-state index in [1.54, 1.807) is 6.07 Å². The van der Waals surface area contributed by atoms with Gasteiger partial charge in [-0.1, -0.05) is 16.7 Å². The zero-order valence-electron chi connectivity index (χ0n) is 9.68. The van der Waals surface area contributed by atoms with Crippen molar-refractivity contribution >= 4 is 39.1 Å². The third-order valence-corrected chi connectivity index (χ3v) is 4.17. The maximum Gasteiger partial charge on any atom is 0.227 e. The first-order valence-corrected chi connectivity index (χ1v) is 6.66. The second-order valence-electron chi connectivity index (χ2n) is 4.18. The molecule has 1 saturated heterocycles. The molecule has 1 aromatic carbocycles. The van der Waals surface area contributed by atoms with E-state index in [0.717, 1.165) is 0 Å². The maximum absolute atomic E-state index is 14.0. The normalized spacial score (nSPS) is 18.6. The van der Waals surface area contributed by atoms with Crippen molar-refractivity contribution < 1.29 is 9.18 Å². The highest BCUT2D eigenvalue weighted by Gasteiger charge is 2.32. The fourth-order valence-corrected chi connectivity index (χ4v) is 2.48. The fraction of sp³-hybridized carbons (Fsp3) is 0.364. The molecular weight excluding hydrogens is 339 g/mol. The topological polar surface area (TPSA) is 69.1 Å². The molecule has 100 valence electrons. The van der Waals surface area contributed by atoms with Crippen LogP contribution in [0.25, 0.3) is 10.4 Å². The Labute approximate surface area is 122 Å². The molecule has 8 heteroatoms. The van der Waals surface area contributed by atoms with E-state index in [4.69, 9.17) is 17.1 Å². The summed E-state index contributed by atoms with van der Waals surface area (Å²) in [5.41, 5.74) is 8.42. The number of amides is 1. The Morgan fingerprint density at radius 2 is 2.37 bits per heavy atom. The molecule has 1 heterocycles. The molecule has 19 heavy (non-hydrogen) atoms. The monoisotopic (exact) mass is 346 g/mol. The van der Waals surface area contributed by atoms with Crippen molar-refractivity contribution in [2.75, 3.05) is 18.0 Å². The quantitative estimate of drug-likeness (QED) is 0.354. The number of halogens is 3. The summed E-state index contributed by atoms with van der Waals surface area (Å²) < 4.78 is 14.5. The van der Waals surface area contributed by atoms with Crippen molar-refractivity contribution in [3.05, 3.63) is 37.9 Å². The Bertz CT molecular complexity index is 576. The lowest BCUT2D eigenvalue weighted by molar-refractivity contribution is -0.117. The van der Waals surface area contributed by atoms with Crippen molar-refractivity contribution in [2.45, 2.75) is 6.42 Å². The number of benzene rings is 1. The van der Waals surface area contributed by atoms with Crippen LogP contribution in [0.1, 0.15) is 6.42 Å². The average molecular weight is 348 g/mol. The minimum absolute atomic E-state index is 0.0520. The van der Waals surface area contributed by atoms with E-state index in [0.29, 0.717) is 11.0 Å². The molecule has 1 amide bonds. The van der Waals surface area contributed by atoms with Gasteiger partial charge in [0.2, 0.25) is 5.91 Å². The number of nitrogens with zero attached hydrogens (tertiary/aromatic N) is 4. The summed E-state index contributed by atoms with van der Waals surface area (Å²) in [5.74, 6) is -0.922. The molecule has 0 bridgehead atoms. The van der Waals surface area contributed by atoms with Crippen molar-refractivity contribution in [3.63, 3.8) is 0 Å². The van der Waals surface area contributed by atoms with Crippen molar-refractivity contribution in [1.82, 2.24) is 0 Å². The summed E-state index contributed by atoms with van der Waals surface area (Å²) in [7, 11) is 0. The molecule has 1 fully saturated rings. The van der Waals surface area contributed by atoms with Gasteiger partial charge >= 0.3 is 0 Å². The van der Waals surface area contributed by atoms with Crippen LogP contribution in [0.15, 0.2) is 21.7 Å². The van der Waals surface area contributed by atoms with Gasteiger partial charge in [0.25, 0.3) is 0 Å². The van der Waals surface area contributed by atoms with Crippen LogP contribution in [0, 0.1) is 11.7 Å². The number of azide groups is 1. The van der Waals surface area contributed by atoms with E-state index in [1.165, 1.54) is 11.0 Å². The minimum atomic E-state index is -0.631. The van der Waals surface area contributed by atoms with Crippen molar-refractivity contribution in [2.24, 2.45) is 11.0 Å². The molecule has 0 aromatic heterocycles. The molecule has 0 spiro atoms. The van der Waals surface area contributed by atoms with Crippen LogP contribution >= 0.6 is 27.5 Å². The number of rotatable bonds is 3. The van der Waals surface area contributed by atoms with E-state index >= 15 is 0 Å². The zero-order valence-corrected chi connectivity index (χ0v) is 12.0. The van der Waals surface area contributed by atoms with Crippen LogP contribution in [0.4, 0.5) is 10.1 Å². The number of hydrogen-bond acceptors (Lipinski definition) is 2. The lowest BCUT2D eigenvalue weighted by atomic mass is 10.1. The van der Waals surface area contributed by atoms with Gasteiger partial charge in [-0.2, -0.15) is 0 Å². The summed E-state index contributed by atoms with van der Waals surface area (Å²) in [6, 6.07) is 3.09. The highest BCUT2D eigenvalue weighted by atomic mass is 79.9. The number of hydrogen-bond donors (Lipinski definition) is 0. The third kappa shape index (κ3) is 2.83. The molecule has 1 unspecified atom stereocenters. The standard InChI is InChI=1S/C11H9BrClFN4O/c12-7-1-2-8(11(14)10(7)13)18-5-6(3-9(18)19)4-16-17-15/h1-2,6H,3-5H2. The Balaban J connectivity index is 2.26. The lowest BCUT2D eigenvalue weighted by Crippen LogP contribution is -2.25. The molecule has 1 atom stereocenters. The third-order valence-electron chi connectivity index (χ3n) is 2.91. The minimum Gasteiger partial charge on any atom is -0.309 e. The van der Waals surface area contributed by atoms with Crippen LogP contribution in [0.2, 0.25) is 5.02 Å². The van der Waals surface area contributed by atoms with Gasteiger partial charge in [0, 0.05) is 28.9 Å². The predicted octanol–water partition coefficient (Wildman–Crippen LogP) is 3.90. The summed E-state index contributed by atoms with van der Waals surface area (Å²) >= 11 is 8.92. The molecule has 1 aliphatic rings. The molecule has 2 rings (SSSR count). The maximum atomic E-state index is 14.0. The van der Waals surface area contributed by atoms with Crippen LogP contribution in [-0.4, -0.2) is 19.0 Å². The van der Waals surface area contributed by atoms with Crippen LogP contribution in [0.5, 0.6) is 0 Å². The SMILES string of the molecule is [N-]=[N+]=NCC1CC(=O)N(c2ccc(Br)c(Cl)c2F)C1. The number of carbonyl (C=O) groups excluding carboxylic acids is 1. The van der Waals surface area contributed by atoms with Crippen molar-refractivity contribution in [3.8, 4) is 0 Å².